The minimum Gasteiger partial charge on any atom is -0.492 e. The van der Waals surface area contributed by atoms with Gasteiger partial charge in [0.25, 0.3) is 0 Å². The van der Waals surface area contributed by atoms with Gasteiger partial charge in [0, 0.05) is 6.54 Å². The fourth-order valence-corrected chi connectivity index (χ4v) is 2.60. The molecule has 23 heavy (non-hydrogen) atoms. The van der Waals surface area contributed by atoms with E-state index in [1.165, 1.54) is 5.56 Å². The Kier molecular flexibility index (Phi) is 5.42. The molecule has 5 nitrogen and oxygen atoms in total. The minimum absolute atomic E-state index is 0.157. The van der Waals surface area contributed by atoms with Crippen molar-refractivity contribution in [2.75, 3.05) is 6.61 Å². The Balaban J connectivity index is 1.96. The molecule has 0 amide bonds. The van der Waals surface area contributed by atoms with Gasteiger partial charge in [0.1, 0.15) is 12.4 Å². The zero-order valence-electron chi connectivity index (χ0n) is 14.8. The highest BCUT2D eigenvalue weighted by molar-refractivity contribution is 5.31. The van der Waals surface area contributed by atoms with Crippen molar-refractivity contribution in [1.29, 1.82) is 0 Å². The van der Waals surface area contributed by atoms with Crippen LogP contribution in [-0.2, 0) is 18.5 Å². The lowest BCUT2D eigenvalue weighted by Crippen LogP contribution is -2.14. The molecule has 0 saturated heterocycles. The number of nitrogens with two attached hydrogens (primary N) is 1. The molecule has 1 aromatic heterocycles. The first-order chi connectivity index (χ1) is 10.8. The zero-order valence-corrected chi connectivity index (χ0v) is 14.8. The maximum atomic E-state index is 5.84. The molecule has 0 saturated carbocycles. The highest BCUT2D eigenvalue weighted by Gasteiger charge is 2.15. The van der Waals surface area contributed by atoms with Crippen LogP contribution in [0.25, 0.3) is 0 Å². The predicted molar refractivity (Wildman–Crippen MR) is 92.6 cm³/mol. The van der Waals surface area contributed by atoms with E-state index in [-0.39, 0.29) is 5.41 Å². The van der Waals surface area contributed by atoms with E-state index < -0.39 is 0 Å². The van der Waals surface area contributed by atoms with Crippen molar-refractivity contribution in [3.05, 3.63) is 41.2 Å². The van der Waals surface area contributed by atoms with Gasteiger partial charge in [-0.05, 0) is 29.0 Å². The molecule has 2 N–H and O–H groups in total. The molecule has 1 aromatic carbocycles. The van der Waals surface area contributed by atoms with Crippen LogP contribution in [0.4, 0.5) is 0 Å². The van der Waals surface area contributed by atoms with E-state index in [2.05, 4.69) is 57.1 Å². The molecule has 0 atom stereocenters. The summed E-state index contributed by atoms with van der Waals surface area (Å²) in [5.74, 6) is 1.22. The van der Waals surface area contributed by atoms with Crippen LogP contribution in [0.15, 0.2) is 24.3 Å². The van der Waals surface area contributed by atoms with Gasteiger partial charge >= 0.3 is 0 Å². The maximum Gasteiger partial charge on any atom is 0.119 e. The Morgan fingerprint density at radius 2 is 1.83 bits per heavy atom. The Labute approximate surface area is 138 Å². The van der Waals surface area contributed by atoms with Gasteiger partial charge in [0.2, 0.25) is 0 Å². The molecule has 0 aliphatic heterocycles. The van der Waals surface area contributed by atoms with Crippen LogP contribution in [0.2, 0.25) is 0 Å². The van der Waals surface area contributed by atoms with E-state index in [4.69, 9.17) is 10.5 Å². The van der Waals surface area contributed by atoms with Gasteiger partial charge in [0.15, 0.2) is 0 Å². The second kappa shape index (κ2) is 7.13. The van der Waals surface area contributed by atoms with E-state index in [1.807, 2.05) is 16.8 Å². The summed E-state index contributed by atoms with van der Waals surface area (Å²) in [4.78, 5) is 0. The van der Waals surface area contributed by atoms with Gasteiger partial charge in [0.05, 0.1) is 17.9 Å². The number of nitrogens with zero attached hydrogens (tertiary/aromatic N) is 3. The number of hydrogen-bond acceptors (Lipinski definition) is 4. The van der Waals surface area contributed by atoms with Crippen LogP contribution in [0.3, 0.4) is 0 Å². The fourth-order valence-electron chi connectivity index (χ4n) is 2.60. The Morgan fingerprint density at radius 1 is 1.17 bits per heavy atom. The molecule has 0 bridgehead atoms. The molecule has 0 aliphatic rings. The van der Waals surface area contributed by atoms with E-state index >= 15 is 0 Å². The SMILES string of the molecule is CC(C)c1c(CN)nnn1CCOc1ccc(C(C)(C)C)cc1. The van der Waals surface area contributed by atoms with Gasteiger partial charge in [-0.15, -0.1) is 5.10 Å². The van der Waals surface area contributed by atoms with E-state index in [1.54, 1.807) is 0 Å². The van der Waals surface area contributed by atoms with Crippen molar-refractivity contribution in [3.63, 3.8) is 0 Å². The second-order valence-electron chi connectivity index (χ2n) is 7.13. The van der Waals surface area contributed by atoms with Crippen LogP contribution in [0, 0.1) is 0 Å². The molecule has 0 fully saturated rings. The Morgan fingerprint density at radius 3 is 2.35 bits per heavy atom. The van der Waals surface area contributed by atoms with Gasteiger partial charge in [-0.1, -0.05) is 52.0 Å². The Bertz CT molecular complexity index is 623. The van der Waals surface area contributed by atoms with Crippen molar-refractivity contribution in [1.82, 2.24) is 15.0 Å². The summed E-state index contributed by atoms with van der Waals surface area (Å²) < 4.78 is 7.73. The van der Waals surface area contributed by atoms with Gasteiger partial charge < -0.3 is 10.5 Å². The number of rotatable bonds is 6. The van der Waals surface area contributed by atoms with Gasteiger partial charge in [-0.2, -0.15) is 0 Å². The molecular weight excluding hydrogens is 288 g/mol. The maximum absolute atomic E-state index is 5.84. The number of hydrogen-bond donors (Lipinski definition) is 1. The van der Waals surface area contributed by atoms with Crippen molar-refractivity contribution in [2.24, 2.45) is 5.73 Å². The van der Waals surface area contributed by atoms with Crippen LogP contribution in [-0.4, -0.2) is 21.6 Å². The molecule has 1 heterocycles. The summed E-state index contributed by atoms with van der Waals surface area (Å²) in [6.07, 6.45) is 0. The van der Waals surface area contributed by atoms with Crippen LogP contribution >= 0.6 is 0 Å². The normalized spacial score (nSPS) is 12.0. The highest BCUT2D eigenvalue weighted by Crippen LogP contribution is 2.24. The van der Waals surface area contributed by atoms with Crippen LogP contribution < -0.4 is 10.5 Å². The molecule has 126 valence electrons. The smallest absolute Gasteiger partial charge is 0.119 e. The van der Waals surface area contributed by atoms with Crippen LogP contribution in [0.5, 0.6) is 5.75 Å². The van der Waals surface area contributed by atoms with E-state index in [0.29, 0.717) is 25.6 Å². The lowest BCUT2D eigenvalue weighted by atomic mass is 9.87. The standard InChI is InChI=1S/C18H28N4O/c1-13(2)17-16(12-19)20-21-22(17)10-11-23-15-8-6-14(7-9-15)18(3,4)5/h6-9,13H,10-12,19H2,1-5H3. The highest BCUT2D eigenvalue weighted by atomic mass is 16.5. The first kappa shape index (κ1) is 17.5. The molecular formula is C18H28N4O. The molecule has 5 heteroatoms. The summed E-state index contributed by atoms with van der Waals surface area (Å²) in [7, 11) is 0. The monoisotopic (exact) mass is 316 g/mol. The molecule has 0 aliphatic carbocycles. The number of ether oxygens (including phenoxy) is 1. The molecule has 0 unspecified atom stereocenters. The summed E-state index contributed by atoms with van der Waals surface area (Å²) >= 11 is 0. The summed E-state index contributed by atoms with van der Waals surface area (Å²) in [5.41, 5.74) is 9.15. The molecule has 2 aromatic rings. The average molecular weight is 316 g/mol. The van der Waals surface area contributed by atoms with Crippen LogP contribution in [0.1, 0.15) is 57.5 Å². The summed E-state index contributed by atoms with van der Waals surface area (Å²) in [6.45, 7) is 12.5. The van der Waals surface area contributed by atoms with Crippen molar-refractivity contribution in [3.8, 4) is 5.75 Å². The van der Waals surface area contributed by atoms with E-state index in [0.717, 1.165) is 17.1 Å². The summed E-state index contributed by atoms with van der Waals surface area (Å²) in [5, 5.41) is 8.35. The first-order valence-electron chi connectivity index (χ1n) is 8.18. The van der Waals surface area contributed by atoms with Crippen molar-refractivity contribution in [2.45, 2.75) is 59.0 Å². The quantitative estimate of drug-likeness (QED) is 0.888. The molecule has 2 rings (SSSR count). The fraction of sp³-hybridized carbons (Fsp3) is 0.556. The molecule has 0 radical (unpaired) electrons. The zero-order chi connectivity index (χ0) is 17.0. The van der Waals surface area contributed by atoms with Crippen molar-refractivity contribution < 1.29 is 4.74 Å². The third kappa shape index (κ3) is 4.32. The van der Waals surface area contributed by atoms with Gasteiger partial charge in [-0.25, -0.2) is 4.68 Å². The lowest BCUT2D eigenvalue weighted by Gasteiger charge is -2.19. The number of benzene rings is 1. The Hall–Kier alpha value is -1.88. The first-order valence-corrected chi connectivity index (χ1v) is 8.18. The van der Waals surface area contributed by atoms with E-state index in [9.17, 15) is 0 Å². The number of aromatic nitrogens is 3. The molecule has 0 spiro atoms. The summed E-state index contributed by atoms with van der Waals surface area (Å²) in [6, 6.07) is 8.29. The lowest BCUT2D eigenvalue weighted by molar-refractivity contribution is 0.286. The second-order valence-corrected chi connectivity index (χ2v) is 7.13. The topological polar surface area (TPSA) is 66.0 Å². The predicted octanol–water partition coefficient (Wildman–Crippen LogP) is 3.24. The third-order valence-electron chi connectivity index (χ3n) is 3.88. The average Bonchev–Trinajstić information content (AvgIpc) is 2.90. The van der Waals surface area contributed by atoms with Crippen molar-refractivity contribution >= 4 is 0 Å². The third-order valence-corrected chi connectivity index (χ3v) is 3.88. The van der Waals surface area contributed by atoms with Gasteiger partial charge in [-0.3, -0.25) is 0 Å². The largest absolute Gasteiger partial charge is 0.492 e. The minimum atomic E-state index is 0.157.